The van der Waals surface area contributed by atoms with E-state index in [0.717, 1.165) is 23.2 Å². The fraction of sp³-hybridized carbons (Fsp3) is 0.185. The minimum absolute atomic E-state index is 0.0831. The van der Waals surface area contributed by atoms with Gasteiger partial charge >= 0.3 is 0 Å². The van der Waals surface area contributed by atoms with Crippen LogP contribution >= 0.6 is 22.9 Å². The Hall–Kier alpha value is -2.95. The lowest BCUT2D eigenvalue weighted by Crippen LogP contribution is -2.33. The van der Waals surface area contributed by atoms with E-state index in [1.54, 1.807) is 11.9 Å². The van der Waals surface area contributed by atoms with Crippen molar-refractivity contribution in [3.05, 3.63) is 94.8 Å². The molecule has 1 atom stereocenters. The van der Waals surface area contributed by atoms with E-state index in [1.807, 2.05) is 47.8 Å². The molecule has 0 radical (unpaired) electrons. The summed E-state index contributed by atoms with van der Waals surface area (Å²) in [4.78, 5) is 19.6. The van der Waals surface area contributed by atoms with E-state index in [0.29, 0.717) is 16.6 Å². The van der Waals surface area contributed by atoms with Crippen LogP contribution in [0, 0.1) is 5.92 Å². The van der Waals surface area contributed by atoms with Crippen molar-refractivity contribution in [1.29, 1.82) is 0 Å². The highest BCUT2D eigenvalue weighted by Crippen LogP contribution is 2.32. The summed E-state index contributed by atoms with van der Waals surface area (Å²) < 4.78 is 0. The van der Waals surface area contributed by atoms with Gasteiger partial charge in [0.25, 0.3) is 0 Å². The summed E-state index contributed by atoms with van der Waals surface area (Å²) in [5, 5.41) is 3.29. The number of thiazole rings is 1. The van der Waals surface area contributed by atoms with Gasteiger partial charge in [-0.2, -0.15) is 0 Å². The Morgan fingerprint density at radius 1 is 0.969 bits per heavy atom. The van der Waals surface area contributed by atoms with Crippen molar-refractivity contribution in [2.45, 2.75) is 19.8 Å². The van der Waals surface area contributed by atoms with Gasteiger partial charge in [-0.15, -0.1) is 11.3 Å². The van der Waals surface area contributed by atoms with E-state index in [2.05, 4.69) is 48.3 Å². The first kappa shape index (κ1) is 22.3. The molecule has 162 valence electrons. The molecule has 3 nitrogen and oxygen atoms in total. The third-order valence-corrected chi connectivity index (χ3v) is 6.89. The van der Waals surface area contributed by atoms with Gasteiger partial charge in [-0.1, -0.05) is 91.3 Å². The number of hydrogen-bond acceptors (Lipinski definition) is 3. The van der Waals surface area contributed by atoms with Crippen molar-refractivity contribution in [3.8, 4) is 22.4 Å². The van der Waals surface area contributed by atoms with Crippen LogP contribution < -0.4 is 4.90 Å². The molecule has 1 aromatic heterocycles. The zero-order valence-electron chi connectivity index (χ0n) is 18.2. The minimum atomic E-state index is -0.102. The standard InChI is InChI=1S/C27H25ClN2OS/c1-3-20(17-19-13-15-22(16-14-19)21-9-5-4-6-10-21)26(31)30(2)27-29-25(18-32-27)23-11-7-8-12-24(23)28/h4-16,18,20H,3,17H2,1-2H3. The largest absolute Gasteiger partial charge is 0.291 e. The molecular weight excluding hydrogens is 436 g/mol. The van der Waals surface area contributed by atoms with E-state index in [1.165, 1.54) is 22.5 Å². The molecule has 4 aromatic rings. The smallest absolute Gasteiger partial charge is 0.231 e. The van der Waals surface area contributed by atoms with Crippen LogP contribution in [0.4, 0.5) is 5.13 Å². The van der Waals surface area contributed by atoms with Crippen LogP contribution in [0.3, 0.4) is 0 Å². The molecule has 0 aliphatic carbocycles. The summed E-state index contributed by atoms with van der Waals surface area (Å²) >= 11 is 7.77. The first-order valence-corrected chi connectivity index (χ1v) is 11.9. The number of aromatic nitrogens is 1. The van der Waals surface area contributed by atoms with Gasteiger partial charge in [-0.25, -0.2) is 4.98 Å². The molecule has 0 saturated carbocycles. The van der Waals surface area contributed by atoms with Gasteiger partial charge in [-0.3, -0.25) is 9.69 Å². The molecular formula is C27H25ClN2OS. The van der Waals surface area contributed by atoms with Crippen LogP contribution in [0.1, 0.15) is 18.9 Å². The highest BCUT2D eigenvalue weighted by Gasteiger charge is 2.24. The van der Waals surface area contributed by atoms with Crippen LogP contribution in [0.15, 0.2) is 84.2 Å². The number of anilines is 1. The monoisotopic (exact) mass is 460 g/mol. The van der Waals surface area contributed by atoms with Gasteiger partial charge in [0, 0.05) is 28.9 Å². The van der Waals surface area contributed by atoms with Crippen molar-refractivity contribution in [2.24, 2.45) is 5.92 Å². The van der Waals surface area contributed by atoms with Crippen LogP contribution in [-0.2, 0) is 11.2 Å². The molecule has 0 aliphatic rings. The lowest BCUT2D eigenvalue weighted by atomic mass is 9.94. The zero-order valence-corrected chi connectivity index (χ0v) is 19.7. The predicted octanol–water partition coefficient (Wildman–Crippen LogP) is 7.36. The van der Waals surface area contributed by atoms with Gasteiger partial charge in [0.15, 0.2) is 5.13 Å². The Kier molecular flexibility index (Phi) is 7.03. The van der Waals surface area contributed by atoms with E-state index >= 15 is 0 Å². The van der Waals surface area contributed by atoms with Crippen molar-refractivity contribution in [3.63, 3.8) is 0 Å². The molecule has 0 fully saturated rings. The van der Waals surface area contributed by atoms with Crippen LogP contribution in [-0.4, -0.2) is 17.9 Å². The van der Waals surface area contributed by atoms with Gasteiger partial charge in [-0.05, 0) is 35.6 Å². The lowest BCUT2D eigenvalue weighted by Gasteiger charge is -2.21. The summed E-state index contributed by atoms with van der Waals surface area (Å²) in [5.41, 5.74) is 5.21. The topological polar surface area (TPSA) is 33.2 Å². The normalized spacial score (nSPS) is 11.8. The molecule has 0 bridgehead atoms. The molecule has 1 heterocycles. The van der Waals surface area contributed by atoms with E-state index in [9.17, 15) is 4.79 Å². The molecule has 0 spiro atoms. The maximum Gasteiger partial charge on any atom is 0.231 e. The third-order valence-electron chi connectivity index (χ3n) is 5.64. The number of benzene rings is 3. The minimum Gasteiger partial charge on any atom is -0.291 e. The first-order chi connectivity index (χ1) is 15.6. The molecule has 3 aromatic carbocycles. The number of hydrogen-bond donors (Lipinski definition) is 0. The first-order valence-electron chi connectivity index (χ1n) is 10.7. The second kappa shape index (κ2) is 10.1. The van der Waals surface area contributed by atoms with E-state index < -0.39 is 0 Å². The van der Waals surface area contributed by atoms with Crippen molar-refractivity contribution in [2.75, 3.05) is 11.9 Å². The Morgan fingerprint density at radius 2 is 1.62 bits per heavy atom. The maximum atomic E-state index is 13.2. The predicted molar refractivity (Wildman–Crippen MR) is 135 cm³/mol. The molecule has 5 heteroatoms. The van der Waals surface area contributed by atoms with Gasteiger partial charge in [0.2, 0.25) is 5.91 Å². The fourth-order valence-corrected chi connectivity index (χ4v) is 4.76. The summed E-state index contributed by atoms with van der Waals surface area (Å²) in [5.74, 6) is -0.0186. The second-order valence-corrected chi connectivity index (χ2v) is 9.01. The van der Waals surface area contributed by atoms with Crippen molar-refractivity contribution < 1.29 is 4.79 Å². The highest BCUT2D eigenvalue weighted by atomic mass is 35.5. The molecule has 0 aliphatic heterocycles. The van der Waals surface area contributed by atoms with Gasteiger partial charge < -0.3 is 0 Å². The number of carbonyl (C=O) groups is 1. The van der Waals surface area contributed by atoms with Crippen molar-refractivity contribution >= 4 is 34.0 Å². The fourth-order valence-electron chi connectivity index (χ4n) is 3.73. The average Bonchev–Trinajstić information content (AvgIpc) is 3.33. The van der Waals surface area contributed by atoms with Gasteiger partial charge in [0.05, 0.1) is 5.69 Å². The summed E-state index contributed by atoms with van der Waals surface area (Å²) in [6.45, 7) is 2.06. The molecule has 1 unspecified atom stereocenters. The van der Waals surface area contributed by atoms with Crippen LogP contribution in [0.5, 0.6) is 0 Å². The Bertz CT molecular complexity index is 1190. The van der Waals surface area contributed by atoms with Gasteiger partial charge in [0.1, 0.15) is 0 Å². The number of nitrogens with zero attached hydrogens (tertiary/aromatic N) is 2. The quantitative estimate of drug-likeness (QED) is 0.288. The van der Waals surface area contributed by atoms with Crippen molar-refractivity contribution in [1.82, 2.24) is 4.98 Å². The SMILES string of the molecule is CCC(Cc1ccc(-c2ccccc2)cc1)C(=O)N(C)c1nc(-c2ccccc2Cl)cs1. The van der Waals surface area contributed by atoms with E-state index in [-0.39, 0.29) is 11.8 Å². The Labute approximate surface area is 198 Å². The summed E-state index contributed by atoms with van der Waals surface area (Å²) in [7, 11) is 1.80. The maximum absolute atomic E-state index is 13.2. The zero-order chi connectivity index (χ0) is 22.5. The third kappa shape index (κ3) is 4.93. The molecule has 32 heavy (non-hydrogen) atoms. The molecule has 0 saturated heterocycles. The summed E-state index contributed by atoms with van der Waals surface area (Å²) in [6.07, 6.45) is 1.48. The van der Waals surface area contributed by atoms with Crippen LogP contribution in [0.25, 0.3) is 22.4 Å². The highest BCUT2D eigenvalue weighted by molar-refractivity contribution is 7.14. The average molecular weight is 461 g/mol. The summed E-state index contributed by atoms with van der Waals surface area (Å²) in [6, 6.07) is 26.4. The Balaban J connectivity index is 1.46. The van der Waals surface area contributed by atoms with E-state index in [4.69, 9.17) is 11.6 Å². The number of rotatable bonds is 7. The number of carbonyl (C=O) groups excluding carboxylic acids is 1. The Morgan fingerprint density at radius 3 is 2.31 bits per heavy atom. The molecule has 0 N–H and O–H groups in total. The number of halogens is 1. The molecule has 4 rings (SSSR count). The lowest BCUT2D eigenvalue weighted by molar-refractivity contribution is -0.122. The number of amides is 1. The van der Waals surface area contributed by atoms with Crippen LogP contribution in [0.2, 0.25) is 5.02 Å². The molecule has 1 amide bonds. The second-order valence-electron chi connectivity index (χ2n) is 7.76.